The molecule has 32 heavy (non-hydrogen) atoms. The van der Waals surface area contributed by atoms with Crippen LogP contribution in [0.1, 0.15) is 12.6 Å². The SMILES string of the molecule is NNC(=O)NCCCSC[C@H]1O[C@@H](n2cnc3c(N)ncnc32)[C@H](O)[C@@H]1O.O=S(=O)(O)O. The van der Waals surface area contributed by atoms with Gasteiger partial charge < -0.3 is 26.0 Å². The number of thioether (sulfide) groups is 1. The first-order chi connectivity index (χ1) is 15.0. The van der Waals surface area contributed by atoms with Gasteiger partial charge in [-0.15, -0.1) is 0 Å². The minimum absolute atomic E-state index is 0.232. The lowest BCUT2D eigenvalue weighted by Gasteiger charge is -2.16. The molecular weight excluding hydrogens is 472 g/mol. The number of carbonyl (C=O) groups is 1. The number of aliphatic hydroxyl groups excluding tert-OH is 2. The smallest absolute Gasteiger partial charge is 0.387 e. The van der Waals surface area contributed by atoms with Crippen LogP contribution in [-0.2, 0) is 15.1 Å². The summed E-state index contributed by atoms with van der Waals surface area (Å²) < 4.78 is 39.0. The fourth-order valence-corrected chi connectivity index (χ4v) is 3.80. The van der Waals surface area contributed by atoms with Gasteiger partial charge in [0.1, 0.15) is 24.1 Å². The van der Waals surface area contributed by atoms with Crippen molar-refractivity contribution in [3.05, 3.63) is 12.7 Å². The Labute approximate surface area is 186 Å². The molecule has 2 aromatic heterocycles. The van der Waals surface area contributed by atoms with E-state index in [0.29, 0.717) is 23.5 Å². The first kappa shape index (κ1) is 25.9. The summed E-state index contributed by atoms with van der Waals surface area (Å²) >= 11 is 1.55. The summed E-state index contributed by atoms with van der Waals surface area (Å²) in [5.41, 5.74) is 8.59. The van der Waals surface area contributed by atoms with Crippen molar-refractivity contribution in [1.82, 2.24) is 30.3 Å². The molecule has 4 atom stereocenters. The van der Waals surface area contributed by atoms with Crippen molar-refractivity contribution in [3.8, 4) is 0 Å². The predicted octanol–water partition coefficient (Wildman–Crippen LogP) is -2.33. The lowest BCUT2D eigenvalue weighted by atomic mass is 10.1. The highest BCUT2D eigenvalue weighted by atomic mass is 32.3. The molecule has 1 aliphatic rings. The van der Waals surface area contributed by atoms with Crippen LogP contribution < -0.4 is 22.3 Å². The number of ether oxygens (including phenoxy) is 1. The van der Waals surface area contributed by atoms with Gasteiger partial charge in [0.05, 0.1) is 12.4 Å². The number of carbonyl (C=O) groups excluding carboxylic acids is 1. The standard InChI is InChI=1S/C14H22N8O4S.H2O4S/c15-11-8-12(19-5-18-11)22(6-20-8)13-10(24)9(23)7(26-13)4-27-3-1-2-17-14(25)21-16;1-5(2,3)4/h5-7,9-10,13,23-24H,1-4,16H2,(H2,15,18,19)(H2,17,21,25);(H2,1,2,3,4)/t7-,9-,10-,13-;/m1./s1. The van der Waals surface area contributed by atoms with Crippen molar-refractivity contribution in [1.29, 1.82) is 0 Å². The van der Waals surface area contributed by atoms with Gasteiger partial charge in [0, 0.05) is 12.3 Å². The maximum Gasteiger partial charge on any atom is 0.394 e. The number of hydrazine groups is 1. The van der Waals surface area contributed by atoms with Crippen LogP contribution in [0.5, 0.6) is 0 Å². The Morgan fingerprint density at radius 3 is 2.59 bits per heavy atom. The van der Waals surface area contributed by atoms with Crippen LogP contribution in [0, 0.1) is 0 Å². The Kier molecular flexibility index (Phi) is 9.33. The second kappa shape index (κ2) is 11.5. The second-order valence-corrected chi connectivity index (χ2v) is 8.45. The Bertz CT molecular complexity index is 998. The third-order valence-electron chi connectivity index (χ3n) is 4.16. The van der Waals surface area contributed by atoms with E-state index < -0.39 is 41.0 Å². The van der Waals surface area contributed by atoms with Crippen LogP contribution in [0.25, 0.3) is 11.2 Å². The normalized spacial score (nSPS) is 22.9. The first-order valence-electron chi connectivity index (χ1n) is 8.99. The zero-order valence-electron chi connectivity index (χ0n) is 16.5. The summed E-state index contributed by atoms with van der Waals surface area (Å²) in [7, 11) is -4.67. The summed E-state index contributed by atoms with van der Waals surface area (Å²) in [6.07, 6.45) is -0.0408. The number of nitrogens with one attached hydrogen (secondary N) is 2. The number of amides is 2. The minimum atomic E-state index is -4.67. The monoisotopic (exact) mass is 496 g/mol. The molecule has 3 heterocycles. The molecule has 0 spiro atoms. The zero-order valence-corrected chi connectivity index (χ0v) is 18.1. The van der Waals surface area contributed by atoms with Crippen LogP contribution in [-0.4, -0.2) is 89.6 Å². The summed E-state index contributed by atoms with van der Waals surface area (Å²) in [5.74, 6) is 6.43. The van der Waals surface area contributed by atoms with Gasteiger partial charge in [-0.1, -0.05) is 0 Å². The van der Waals surface area contributed by atoms with Gasteiger partial charge in [-0.05, 0) is 12.2 Å². The summed E-state index contributed by atoms with van der Waals surface area (Å²) in [6, 6.07) is -0.433. The van der Waals surface area contributed by atoms with E-state index in [0.717, 1.165) is 12.2 Å². The fraction of sp³-hybridized carbons (Fsp3) is 0.571. The predicted molar refractivity (Wildman–Crippen MR) is 113 cm³/mol. The molecule has 3 rings (SSSR count). The Morgan fingerprint density at radius 2 is 1.94 bits per heavy atom. The number of hydrogen-bond acceptors (Lipinski definition) is 12. The first-order valence-corrected chi connectivity index (χ1v) is 11.5. The van der Waals surface area contributed by atoms with Crippen molar-refractivity contribution in [2.45, 2.75) is 31.0 Å². The maximum atomic E-state index is 10.9. The molecule has 1 fully saturated rings. The van der Waals surface area contributed by atoms with E-state index in [-0.39, 0.29) is 5.82 Å². The molecule has 2 amide bonds. The fourth-order valence-electron chi connectivity index (χ4n) is 2.78. The van der Waals surface area contributed by atoms with E-state index >= 15 is 0 Å². The lowest BCUT2D eigenvalue weighted by Crippen LogP contribution is -2.40. The van der Waals surface area contributed by atoms with Crippen LogP contribution in [0.15, 0.2) is 12.7 Å². The van der Waals surface area contributed by atoms with Crippen LogP contribution in [0.2, 0.25) is 0 Å². The van der Waals surface area contributed by atoms with E-state index in [1.54, 1.807) is 16.3 Å². The molecule has 1 saturated heterocycles. The molecule has 0 radical (unpaired) electrons. The number of aliphatic hydroxyl groups is 2. The summed E-state index contributed by atoms with van der Waals surface area (Å²) in [6.45, 7) is 0.484. The highest BCUT2D eigenvalue weighted by Crippen LogP contribution is 2.33. The van der Waals surface area contributed by atoms with Crippen LogP contribution in [0.4, 0.5) is 10.6 Å². The molecule has 0 aliphatic carbocycles. The van der Waals surface area contributed by atoms with Crippen LogP contribution >= 0.6 is 11.8 Å². The molecule has 180 valence electrons. The molecule has 10 N–H and O–H groups in total. The number of rotatable bonds is 7. The third-order valence-corrected chi connectivity index (χ3v) is 5.30. The minimum Gasteiger partial charge on any atom is -0.387 e. The van der Waals surface area contributed by atoms with Gasteiger partial charge in [-0.3, -0.25) is 19.1 Å². The molecule has 0 unspecified atom stereocenters. The van der Waals surface area contributed by atoms with Gasteiger partial charge in [0.2, 0.25) is 0 Å². The topological polar surface area (TPSA) is 261 Å². The lowest BCUT2D eigenvalue weighted by molar-refractivity contribution is -0.0289. The molecule has 2 aromatic rings. The van der Waals surface area contributed by atoms with Gasteiger partial charge in [-0.25, -0.2) is 25.6 Å². The van der Waals surface area contributed by atoms with E-state index in [4.69, 9.17) is 33.8 Å². The molecular formula is C14H24N8O8S2. The molecule has 0 saturated carbocycles. The molecule has 1 aliphatic heterocycles. The maximum absolute atomic E-state index is 10.9. The van der Waals surface area contributed by atoms with Gasteiger partial charge in [0.15, 0.2) is 17.7 Å². The van der Waals surface area contributed by atoms with Crippen LogP contribution in [0.3, 0.4) is 0 Å². The number of nitrogens with zero attached hydrogens (tertiary/aromatic N) is 4. The van der Waals surface area contributed by atoms with Crippen molar-refractivity contribution in [3.63, 3.8) is 0 Å². The Hall–Kier alpha value is -2.32. The van der Waals surface area contributed by atoms with E-state index in [2.05, 4.69) is 20.3 Å². The number of nitrogen functional groups attached to an aromatic ring is 1. The highest BCUT2D eigenvalue weighted by molar-refractivity contribution is 7.99. The molecule has 18 heteroatoms. The zero-order chi connectivity index (χ0) is 23.9. The summed E-state index contributed by atoms with van der Waals surface area (Å²) in [5, 5.41) is 23.3. The van der Waals surface area contributed by atoms with E-state index in [1.165, 1.54) is 12.7 Å². The van der Waals surface area contributed by atoms with Crippen molar-refractivity contribution in [2.24, 2.45) is 5.84 Å². The Morgan fingerprint density at radius 1 is 1.25 bits per heavy atom. The van der Waals surface area contributed by atoms with E-state index in [9.17, 15) is 15.0 Å². The van der Waals surface area contributed by atoms with Crippen molar-refractivity contribution >= 4 is 45.2 Å². The highest BCUT2D eigenvalue weighted by Gasteiger charge is 2.44. The van der Waals surface area contributed by atoms with E-state index in [1.807, 2.05) is 5.43 Å². The number of urea groups is 1. The van der Waals surface area contributed by atoms with Gasteiger partial charge in [0.25, 0.3) is 0 Å². The third kappa shape index (κ3) is 7.38. The van der Waals surface area contributed by atoms with Gasteiger partial charge >= 0.3 is 16.4 Å². The molecule has 16 nitrogen and oxygen atoms in total. The average Bonchev–Trinajstić information content (AvgIpc) is 3.26. The number of fused-ring (bicyclic) bond motifs is 1. The number of nitrogens with two attached hydrogens (primary N) is 2. The summed E-state index contributed by atoms with van der Waals surface area (Å²) in [4.78, 5) is 23.1. The Balaban J connectivity index is 0.000000654. The number of aromatic nitrogens is 4. The largest absolute Gasteiger partial charge is 0.394 e. The average molecular weight is 497 g/mol. The second-order valence-electron chi connectivity index (χ2n) is 6.41. The number of anilines is 1. The molecule has 0 bridgehead atoms. The van der Waals surface area contributed by atoms with Crippen molar-refractivity contribution < 1.29 is 37.3 Å². The number of imidazole rings is 1. The van der Waals surface area contributed by atoms with Crippen molar-refractivity contribution in [2.75, 3.05) is 23.8 Å². The number of hydrogen-bond donors (Lipinski definition) is 8. The molecule has 0 aromatic carbocycles. The van der Waals surface area contributed by atoms with Gasteiger partial charge in [-0.2, -0.15) is 20.2 Å². The quantitative estimate of drug-likeness (QED) is 0.0657.